The van der Waals surface area contributed by atoms with Crippen molar-refractivity contribution in [2.24, 2.45) is 0 Å². The van der Waals surface area contributed by atoms with Gasteiger partial charge in [-0.05, 0) is 38.1 Å². The van der Waals surface area contributed by atoms with Gasteiger partial charge in [-0.15, -0.1) is 0 Å². The third-order valence-corrected chi connectivity index (χ3v) is 4.49. The number of carbonyl (C=O) groups is 1. The molecule has 2 aliphatic heterocycles. The van der Waals surface area contributed by atoms with E-state index in [9.17, 15) is 4.79 Å². The second-order valence-electron chi connectivity index (χ2n) is 6.99. The normalized spacial score (nSPS) is 20.2. The van der Waals surface area contributed by atoms with Gasteiger partial charge >= 0.3 is 0 Å². The number of nitrogens with one attached hydrogen (secondary N) is 1. The first-order valence-corrected chi connectivity index (χ1v) is 8.50. The number of fused-ring (bicyclic) bond motifs is 2. The molecular weight excluding hydrogens is 318 g/mol. The lowest BCUT2D eigenvalue weighted by Crippen LogP contribution is -2.41. The summed E-state index contributed by atoms with van der Waals surface area (Å²) in [5.74, 6) is 1.99. The van der Waals surface area contributed by atoms with Crippen molar-refractivity contribution in [3.05, 3.63) is 53.6 Å². The molecule has 2 aliphatic rings. The maximum atomic E-state index is 12.8. The van der Waals surface area contributed by atoms with Crippen LogP contribution in [-0.2, 0) is 0 Å². The van der Waals surface area contributed by atoms with Crippen LogP contribution < -0.4 is 19.5 Å². The summed E-state index contributed by atoms with van der Waals surface area (Å²) in [7, 11) is 0. The van der Waals surface area contributed by atoms with Gasteiger partial charge in [-0.25, -0.2) is 0 Å². The van der Waals surface area contributed by atoms with Gasteiger partial charge in [0.25, 0.3) is 5.91 Å². The monoisotopic (exact) mass is 339 g/mol. The molecule has 0 aromatic heterocycles. The van der Waals surface area contributed by atoms with Gasteiger partial charge in [0.1, 0.15) is 24.6 Å². The Labute approximate surface area is 146 Å². The fraction of sp³-hybridized carbons (Fsp3) is 0.350. The Kier molecular flexibility index (Phi) is 3.79. The minimum absolute atomic E-state index is 0.0966. The van der Waals surface area contributed by atoms with Gasteiger partial charge in [-0.2, -0.15) is 0 Å². The molecule has 25 heavy (non-hydrogen) atoms. The number of rotatable bonds is 2. The Hall–Kier alpha value is -2.69. The summed E-state index contributed by atoms with van der Waals surface area (Å²) >= 11 is 0. The van der Waals surface area contributed by atoms with E-state index in [1.165, 1.54) is 0 Å². The number of ether oxygens (including phenoxy) is 3. The molecule has 0 saturated heterocycles. The van der Waals surface area contributed by atoms with Crippen LogP contribution in [0.25, 0.3) is 0 Å². The van der Waals surface area contributed by atoms with Gasteiger partial charge in [0, 0.05) is 17.5 Å². The van der Waals surface area contributed by atoms with Crippen molar-refractivity contribution in [2.45, 2.75) is 31.9 Å². The van der Waals surface area contributed by atoms with Gasteiger partial charge in [-0.3, -0.25) is 4.79 Å². The van der Waals surface area contributed by atoms with Crippen molar-refractivity contribution < 1.29 is 19.0 Å². The highest BCUT2D eigenvalue weighted by Crippen LogP contribution is 2.39. The summed E-state index contributed by atoms with van der Waals surface area (Å²) in [4.78, 5) is 12.8. The Bertz CT molecular complexity index is 815. The molecule has 2 heterocycles. The molecule has 1 N–H and O–H groups in total. The summed E-state index contributed by atoms with van der Waals surface area (Å²) in [5, 5.41) is 3.14. The highest BCUT2D eigenvalue weighted by atomic mass is 16.6. The van der Waals surface area contributed by atoms with E-state index < -0.39 is 0 Å². The fourth-order valence-electron chi connectivity index (χ4n) is 3.36. The molecule has 0 radical (unpaired) electrons. The summed E-state index contributed by atoms with van der Waals surface area (Å²) < 4.78 is 17.1. The Morgan fingerprint density at radius 3 is 2.64 bits per heavy atom. The number of para-hydroxylation sites is 1. The predicted molar refractivity (Wildman–Crippen MR) is 93.4 cm³/mol. The van der Waals surface area contributed by atoms with E-state index in [1.807, 2.05) is 38.1 Å². The minimum atomic E-state index is -0.334. The van der Waals surface area contributed by atoms with Crippen molar-refractivity contribution in [3.63, 3.8) is 0 Å². The Balaban J connectivity index is 1.58. The van der Waals surface area contributed by atoms with Crippen LogP contribution in [0.5, 0.6) is 17.2 Å². The third-order valence-electron chi connectivity index (χ3n) is 4.49. The van der Waals surface area contributed by atoms with Crippen LogP contribution in [0.2, 0.25) is 0 Å². The van der Waals surface area contributed by atoms with Gasteiger partial charge in [0.05, 0.1) is 6.04 Å². The second kappa shape index (κ2) is 5.99. The molecule has 0 unspecified atom stereocenters. The lowest BCUT2D eigenvalue weighted by molar-refractivity contribution is 0.0619. The zero-order valence-electron chi connectivity index (χ0n) is 14.4. The third kappa shape index (κ3) is 3.14. The maximum absolute atomic E-state index is 12.8. The quantitative estimate of drug-likeness (QED) is 0.910. The second-order valence-corrected chi connectivity index (χ2v) is 6.99. The molecule has 2 aromatic rings. The number of hydrogen-bond donors (Lipinski definition) is 1. The van der Waals surface area contributed by atoms with Crippen molar-refractivity contribution in [2.75, 3.05) is 13.2 Å². The van der Waals surface area contributed by atoms with Crippen molar-refractivity contribution in [1.82, 2.24) is 5.32 Å². The molecule has 0 saturated carbocycles. The van der Waals surface area contributed by atoms with Crippen LogP contribution in [0.4, 0.5) is 0 Å². The van der Waals surface area contributed by atoms with Crippen molar-refractivity contribution >= 4 is 5.91 Å². The topological polar surface area (TPSA) is 56.8 Å². The summed E-state index contributed by atoms with van der Waals surface area (Å²) in [6, 6.07) is 13.0. The SMILES string of the molecule is CC1(C)C[C@@H](NC(=O)c2ccc3c(c2)OCCO3)c2ccccc2O1. The van der Waals surface area contributed by atoms with Crippen LogP contribution in [0, 0.1) is 0 Å². The van der Waals surface area contributed by atoms with E-state index in [4.69, 9.17) is 14.2 Å². The predicted octanol–water partition coefficient (Wildman–Crippen LogP) is 3.49. The largest absolute Gasteiger partial charge is 0.487 e. The number of carbonyl (C=O) groups excluding carboxylic acids is 1. The average molecular weight is 339 g/mol. The number of amides is 1. The first-order valence-electron chi connectivity index (χ1n) is 8.50. The van der Waals surface area contributed by atoms with Crippen LogP contribution in [0.15, 0.2) is 42.5 Å². The van der Waals surface area contributed by atoms with Gasteiger partial charge < -0.3 is 19.5 Å². The van der Waals surface area contributed by atoms with E-state index in [0.717, 1.165) is 11.3 Å². The zero-order chi connectivity index (χ0) is 17.4. The highest BCUT2D eigenvalue weighted by molar-refractivity contribution is 5.95. The summed E-state index contributed by atoms with van der Waals surface area (Å²) in [6.07, 6.45) is 0.709. The van der Waals surface area contributed by atoms with Gasteiger partial charge in [0.15, 0.2) is 11.5 Å². The lowest BCUT2D eigenvalue weighted by Gasteiger charge is -2.37. The van der Waals surface area contributed by atoms with Gasteiger partial charge in [0.2, 0.25) is 0 Å². The first kappa shape index (κ1) is 15.8. The van der Waals surface area contributed by atoms with Crippen LogP contribution in [-0.4, -0.2) is 24.7 Å². The number of benzene rings is 2. The van der Waals surface area contributed by atoms with E-state index in [-0.39, 0.29) is 17.6 Å². The van der Waals surface area contributed by atoms with Crippen molar-refractivity contribution in [1.29, 1.82) is 0 Å². The molecule has 0 bridgehead atoms. The van der Waals surface area contributed by atoms with Crippen molar-refractivity contribution in [3.8, 4) is 17.2 Å². The molecule has 0 spiro atoms. The standard InChI is InChI=1S/C20H21NO4/c1-20(2)12-15(14-5-3-4-6-16(14)25-20)21-19(22)13-7-8-17-18(11-13)24-10-9-23-17/h3-8,11,15H,9-10,12H2,1-2H3,(H,21,22)/t15-/m1/s1. The molecule has 1 atom stereocenters. The zero-order valence-corrected chi connectivity index (χ0v) is 14.4. The molecule has 5 heteroatoms. The molecule has 2 aromatic carbocycles. The number of hydrogen-bond acceptors (Lipinski definition) is 4. The summed E-state index contributed by atoms with van der Waals surface area (Å²) in [5.41, 5.74) is 1.23. The van der Waals surface area contributed by atoms with E-state index in [1.54, 1.807) is 18.2 Å². The molecule has 5 nitrogen and oxygen atoms in total. The van der Waals surface area contributed by atoms with E-state index >= 15 is 0 Å². The van der Waals surface area contributed by atoms with Crippen LogP contribution in [0.3, 0.4) is 0 Å². The molecule has 0 aliphatic carbocycles. The lowest BCUT2D eigenvalue weighted by atomic mass is 9.89. The molecule has 4 rings (SSSR count). The smallest absolute Gasteiger partial charge is 0.251 e. The van der Waals surface area contributed by atoms with Gasteiger partial charge in [-0.1, -0.05) is 18.2 Å². The van der Waals surface area contributed by atoms with E-state index in [0.29, 0.717) is 36.7 Å². The Morgan fingerprint density at radius 1 is 1.04 bits per heavy atom. The Morgan fingerprint density at radius 2 is 1.80 bits per heavy atom. The van der Waals surface area contributed by atoms with Crippen LogP contribution >= 0.6 is 0 Å². The van der Waals surface area contributed by atoms with Crippen LogP contribution in [0.1, 0.15) is 42.2 Å². The fourth-order valence-corrected chi connectivity index (χ4v) is 3.36. The summed E-state index contributed by atoms with van der Waals surface area (Å²) in [6.45, 7) is 5.10. The molecular formula is C20H21NO4. The molecule has 0 fully saturated rings. The minimum Gasteiger partial charge on any atom is -0.487 e. The maximum Gasteiger partial charge on any atom is 0.251 e. The average Bonchev–Trinajstić information content (AvgIpc) is 2.60. The highest BCUT2D eigenvalue weighted by Gasteiger charge is 2.34. The molecule has 1 amide bonds. The molecule has 130 valence electrons. The van der Waals surface area contributed by atoms with E-state index in [2.05, 4.69) is 5.32 Å². The first-order chi connectivity index (χ1) is 12.0.